The molecule has 0 spiro atoms. The van der Waals surface area contributed by atoms with Crippen LogP contribution >= 0.6 is 0 Å². The molecule has 6 heteroatoms. The molecule has 0 aliphatic carbocycles. The summed E-state index contributed by atoms with van der Waals surface area (Å²) in [6.07, 6.45) is 3.99. The zero-order chi connectivity index (χ0) is 18.6. The fourth-order valence-electron chi connectivity index (χ4n) is 3.74. The van der Waals surface area contributed by atoms with E-state index in [1.165, 1.54) is 0 Å². The van der Waals surface area contributed by atoms with E-state index in [0.29, 0.717) is 11.8 Å². The molecule has 2 fully saturated rings. The molecule has 2 aliphatic heterocycles. The number of likely N-dealkylation sites (tertiary alicyclic amines) is 1. The molecule has 0 amide bonds. The molecular formula is C20H33N3O3. The van der Waals surface area contributed by atoms with Gasteiger partial charge in [0.1, 0.15) is 0 Å². The van der Waals surface area contributed by atoms with Crippen molar-refractivity contribution < 1.29 is 9.47 Å². The number of hydrogen-bond acceptors (Lipinski definition) is 5. The Hall–Kier alpha value is -1.24. The molecule has 26 heavy (non-hydrogen) atoms. The van der Waals surface area contributed by atoms with Crippen LogP contribution in [-0.4, -0.2) is 60.5 Å². The van der Waals surface area contributed by atoms with Crippen molar-refractivity contribution in [3.05, 3.63) is 28.4 Å². The quantitative estimate of drug-likeness (QED) is 0.818. The first-order valence-electron chi connectivity index (χ1n) is 9.86. The highest BCUT2D eigenvalue weighted by atomic mass is 16.5. The molecule has 0 aromatic carbocycles. The second-order valence-corrected chi connectivity index (χ2v) is 8.77. The SMILES string of the molecule is CC(C)(C)c1cc(=O)n(CC2CCN(CC3COCCOC3)CC2)cn1. The number of aromatic nitrogens is 2. The predicted molar refractivity (Wildman–Crippen MR) is 101 cm³/mol. The van der Waals surface area contributed by atoms with Gasteiger partial charge in [-0.2, -0.15) is 0 Å². The van der Waals surface area contributed by atoms with Crippen LogP contribution in [0, 0.1) is 11.8 Å². The molecule has 0 N–H and O–H groups in total. The monoisotopic (exact) mass is 363 g/mol. The predicted octanol–water partition coefficient (Wildman–Crippen LogP) is 1.92. The first-order valence-corrected chi connectivity index (χ1v) is 9.86. The van der Waals surface area contributed by atoms with Gasteiger partial charge >= 0.3 is 0 Å². The number of rotatable bonds is 4. The first kappa shape index (κ1) is 19.5. The third-order valence-electron chi connectivity index (χ3n) is 5.41. The maximum atomic E-state index is 12.4. The maximum Gasteiger partial charge on any atom is 0.253 e. The Morgan fingerprint density at radius 1 is 1.08 bits per heavy atom. The van der Waals surface area contributed by atoms with E-state index in [1.807, 2.05) is 0 Å². The Kier molecular flexibility index (Phi) is 6.48. The summed E-state index contributed by atoms with van der Waals surface area (Å²) in [5.41, 5.74) is 0.844. The molecule has 1 aromatic heterocycles. The highest BCUT2D eigenvalue weighted by molar-refractivity contribution is 5.10. The summed E-state index contributed by atoms with van der Waals surface area (Å²) >= 11 is 0. The minimum atomic E-state index is -0.0883. The van der Waals surface area contributed by atoms with E-state index in [2.05, 4.69) is 30.7 Å². The van der Waals surface area contributed by atoms with E-state index in [4.69, 9.17) is 9.47 Å². The van der Waals surface area contributed by atoms with Crippen LogP contribution in [0.5, 0.6) is 0 Å². The summed E-state index contributed by atoms with van der Waals surface area (Å²) in [6, 6.07) is 1.70. The number of nitrogens with zero attached hydrogens (tertiary/aromatic N) is 3. The molecule has 0 bridgehead atoms. The van der Waals surface area contributed by atoms with Crippen molar-refractivity contribution >= 4 is 0 Å². The lowest BCUT2D eigenvalue weighted by atomic mass is 9.92. The zero-order valence-electron chi connectivity index (χ0n) is 16.4. The van der Waals surface area contributed by atoms with Gasteiger partial charge in [-0.15, -0.1) is 0 Å². The van der Waals surface area contributed by atoms with Crippen LogP contribution in [0.2, 0.25) is 0 Å². The van der Waals surface area contributed by atoms with Gasteiger partial charge in [0.15, 0.2) is 0 Å². The molecule has 0 radical (unpaired) electrons. The number of piperidine rings is 1. The summed E-state index contributed by atoms with van der Waals surface area (Å²) in [6.45, 7) is 13.3. The fourth-order valence-corrected chi connectivity index (χ4v) is 3.74. The lowest BCUT2D eigenvalue weighted by molar-refractivity contribution is 0.0855. The van der Waals surface area contributed by atoms with Crippen molar-refractivity contribution in [1.29, 1.82) is 0 Å². The molecule has 1 aromatic rings. The van der Waals surface area contributed by atoms with E-state index in [-0.39, 0.29) is 11.0 Å². The average molecular weight is 364 g/mol. The van der Waals surface area contributed by atoms with Gasteiger partial charge in [-0.3, -0.25) is 9.36 Å². The van der Waals surface area contributed by atoms with Gasteiger partial charge in [-0.1, -0.05) is 20.8 Å². The van der Waals surface area contributed by atoms with E-state index in [0.717, 1.165) is 71.1 Å². The van der Waals surface area contributed by atoms with Gasteiger partial charge in [-0.05, 0) is 31.8 Å². The van der Waals surface area contributed by atoms with Gasteiger partial charge in [0.05, 0.1) is 38.4 Å². The van der Waals surface area contributed by atoms with Gasteiger partial charge in [0.25, 0.3) is 5.56 Å². The molecule has 0 unspecified atom stereocenters. The van der Waals surface area contributed by atoms with Crippen molar-refractivity contribution in [2.24, 2.45) is 11.8 Å². The van der Waals surface area contributed by atoms with Crippen molar-refractivity contribution in [1.82, 2.24) is 14.5 Å². The third kappa shape index (κ3) is 5.38. The molecule has 3 heterocycles. The molecular weight excluding hydrogens is 330 g/mol. The summed E-state index contributed by atoms with van der Waals surface area (Å²) in [4.78, 5) is 19.4. The number of hydrogen-bond donors (Lipinski definition) is 0. The second-order valence-electron chi connectivity index (χ2n) is 8.77. The topological polar surface area (TPSA) is 56.6 Å². The lowest BCUT2D eigenvalue weighted by Gasteiger charge is -2.34. The smallest absolute Gasteiger partial charge is 0.253 e. The highest BCUT2D eigenvalue weighted by Crippen LogP contribution is 2.21. The van der Waals surface area contributed by atoms with Crippen LogP contribution in [0.3, 0.4) is 0 Å². The zero-order valence-corrected chi connectivity index (χ0v) is 16.4. The maximum absolute atomic E-state index is 12.4. The van der Waals surface area contributed by atoms with Crippen LogP contribution in [0.25, 0.3) is 0 Å². The Morgan fingerprint density at radius 2 is 1.73 bits per heavy atom. The highest BCUT2D eigenvalue weighted by Gasteiger charge is 2.24. The van der Waals surface area contributed by atoms with Crippen molar-refractivity contribution in [2.75, 3.05) is 46.1 Å². The molecule has 146 valence electrons. The fraction of sp³-hybridized carbons (Fsp3) is 0.800. The van der Waals surface area contributed by atoms with Gasteiger partial charge in [0.2, 0.25) is 0 Å². The minimum absolute atomic E-state index is 0.0695. The summed E-state index contributed by atoms with van der Waals surface area (Å²) in [7, 11) is 0. The summed E-state index contributed by atoms with van der Waals surface area (Å²) in [5, 5.41) is 0. The molecule has 0 atom stereocenters. The van der Waals surface area contributed by atoms with Crippen molar-refractivity contribution in [2.45, 2.75) is 45.6 Å². The minimum Gasteiger partial charge on any atom is -0.379 e. The first-order chi connectivity index (χ1) is 12.4. The molecule has 6 nitrogen and oxygen atoms in total. The van der Waals surface area contributed by atoms with Gasteiger partial charge < -0.3 is 14.4 Å². The van der Waals surface area contributed by atoms with Crippen LogP contribution in [-0.2, 0) is 21.4 Å². The average Bonchev–Trinajstić information content (AvgIpc) is 2.86. The van der Waals surface area contributed by atoms with Gasteiger partial charge in [0, 0.05) is 30.5 Å². The Bertz CT molecular complexity index is 622. The van der Waals surface area contributed by atoms with Crippen LogP contribution in [0.1, 0.15) is 39.3 Å². The third-order valence-corrected chi connectivity index (χ3v) is 5.41. The standard InChI is InChI=1S/C20H33N3O3/c1-20(2,3)18-10-19(24)23(15-21-18)12-16-4-6-22(7-5-16)11-17-13-25-8-9-26-14-17/h10,15-17H,4-9,11-14H2,1-3H3. The lowest BCUT2D eigenvalue weighted by Crippen LogP contribution is -2.40. The van der Waals surface area contributed by atoms with Crippen molar-refractivity contribution in [3.8, 4) is 0 Å². The summed E-state index contributed by atoms with van der Waals surface area (Å²) < 4.78 is 13.0. The largest absolute Gasteiger partial charge is 0.379 e. The normalized spacial score (nSPS) is 21.7. The van der Waals surface area contributed by atoms with E-state index < -0.39 is 0 Å². The van der Waals surface area contributed by atoms with Crippen LogP contribution < -0.4 is 5.56 Å². The van der Waals surface area contributed by atoms with Crippen LogP contribution in [0.4, 0.5) is 0 Å². The molecule has 2 aliphatic rings. The van der Waals surface area contributed by atoms with E-state index in [9.17, 15) is 4.79 Å². The Labute approximate surface area is 156 Å². The van der Waals surface area contributed by atoms with E-state index >= 15 is 0 Å². The number of ether oxygens (including phenoxy) is 2. The Balaban J connectivity index is 1.49. The second kappa shape index (κ2) is 8.63. The van der Waals surface area contributed by atoms with Gasteiger partial charge in [-0.25, -0.2) is 4.98 Å². The molecule has 2 saturated heterocycles. The van der Waals surface area contributed by atoms with E-state index in [1.54, 1.807) is 17.0 Å². The Morgan fingerprint density at radius 3 is 2.31 bits per heavy atom. The van der Waals surface area contributed by atoms with Crippen LogP contribution in [0.15, 0.2) is 17.2 Å². The summed E-state index contributed by atoms with van der Waals surface area (Å²) in [5.74, 6) is 1.03. The van der Waals surface area contributed by atoms with Crippen molar-refractivity contribution in [3.63, 3.8) is 0 Å². The molecule has 3 rings (SSSR count). The molecule has 0 saturated carbocycles.